The average molecular weight is 353 g/mol. The van der Waals surface area contributed by atoms with Crippen molar-refractivity contribution in [2.75, 3.05) is 46.5 Å². The number of ether oxygens (including phenoxy) is 2. The lowest BCUT2D eigenvalue weighted by atomic mass is 9.93. The van der Waals surface area contributed by atoms with Crippen LogP contribution in [0.5, 0.6) is 0 Å². The largest absolute Gasteiger partial charge is 0.377 e. The minimum atomic E-state index is -0.341. The molecule has 5 nitrogen and oxygen atoms in total. The standard InChI is InChI=1S/C18H28N2O3S/c1-14(2)19(3)10-15-9-18(23-11-15)12-20(6-7-22-13-18)17(21)16-5-4-8-24-16/h4-5,8,14-15H,6-7,9-13H2,1-3H3/t15-,18+/m1/s1. The molecule has 2 fully saturated rings. The van der Waals surface area contributed by atoms with Gasteiger partial charge < -0.3 is 19.3 Å². The molecule has 2 aliphatic rings. The van der Waals surface area contributed by atoms with E-state index >= 15 is 0 Å². The smallest absolute Gasteiger partial charge is 0.264 e. The Morgan fingerprint density at radius 1 is 1.54 bits per heavy atom. The molecule has 3 rings (SSSR count). The molecule has 0 N–H and O–H groups in total. The van der Waals surface area contributed by atoms with Crippen LogP contribution in [0.25, 0.3) is 0 Å². The van der Waals surface area contributed by atoms with Gasteiger partial charge in [-0.1, -0.05) is 6.07 Å². The molecular formula is C18H28N2O3S. The van der Waals surface area contributed by atoms with E-state index in [0.717, 1.165) is 24.4 Å². The van der Waals surface area contributed by atoms with Gasteiger partial charge in [0, 0.05) is 19.1 Å². The second kappa shape index (κ2) is 7.52. The lowest BCUT2D eigenvalue weighted by Crippen LogP contribution is -2.46. The van der Waals surface area contributed by atoms with Gasteiger partial charge in [-0.3, -0.25) is 4.79 Å². The zero-order chi connectivity index (χ0) is 17.2. The van der Waals surface area contributed by atoms with Gasteiger partial charge in [0.15, 0.2) is 0 Å². The monoisotopic (exact) mass is 352 g/mol. The number of hydrogen-bond donors (Lipinski definition) is 0. The van der Waals surface area contributed by atoms with Crippen LogP contribution in [0.4, 0.5) is 0 Å². The van der Waals surface area contributed by atoms with Gasteiger partial charge >= 0.3 is 0 Å². The van der Waals surface area contributed by atoms with E-state index in [-0.39, 0.29) is 11.5 Å². The molecule has 0 aromatic carbocycles. The lowest BCUT2D eigenvalue weighted by molar-refractivity contribution is -0.0539. The molecular weight excluding hydrogens is 324 g/mol. The Morgan fingerprint density at radius 2 is 2.38 bits per heavy atom. The highest BCUT2D eigenvalue weighted by Crippen LogP contribution is 2.33. The Labute approximate surface area is 148 Å². The number of thiophene rings is 1. The van der Waals surface area contributed by atoms with Gasteiger partial charge in [0.2, 0.25) is 0 Å². The summed E-state index contributed by atoms with van der Waals surface area (Å²) in [4.78, 5) is 17.8. The summed E-state index contributed by atoms with van der Waals surface area (Å²) in [6.45, 7) is 8.63. The van der Waals surface area contributed by atoms with Crippen molar-refractivity contribution in [1.29, 1.82) is 0 Å². The SMILES string of the molecule is CC(C)N(C)C[C@@H]1CO[C@@]2(COCCN(C(=O)c3cccs3)C2)C1. The quantitative estimate of drug-likeness (QED) is 0.834. The van der Waals surface area contributed by atoms with Gasteiger partial charge in [0.1, 0.15) is 5.60 Å². The van der Waals surface area contributed by atoms with Crippen molar-refractivity contribution in [1.82, 2.24) is 9.80 Å². The van der Waals surface area contributed by atoms with Crippen molar-refractivity contribution >= 4 is 17.2 Å². The van der Waals surface area contributed by atoms with Gasteiger partial charge in [0.25, 0.3) is 5.91 Å². The number of rotatable bonds is 4. The highest BCUT2D eigenvalue weighted by molar-refractivity contribution is 7.12. The van der Waals surface area contributed by atoms with Crippen molar-refractivity contribution in [2.45, 2.75) is 31.9 Å². The fourth-order valence-corrected chi connectivity index (χ4v) is 4.21. The summed E-state index contributed by atoms with van der Waals surface area (Å²) in [5, 5.41) is 1.95. The van der Waals surface area contributed by atoms with E-state index in [1.165, 1.54) is 11.3 Å². The molecule has 3 heterocycles. The van der Waals surface area contributed by atoms with Gasteiger partial charge in [-0.25, -0.2) is 0 Å². The van der Waals surface area contributed by atoms with Gasteiger partial charge in [-0.05, 0) is 44.7 Å². The molecule has 6 heteroatoms. The fourth-order valence-electron chi connectivity index (χ4n) is 3.52. The molecule has 1 aromatic heterocycles. The van der Waals surface area contributed by atoms with Gasteiger partial charge in [-0.15, -0.1) is 11.3 Å². The first-order valence-electron chi connectivity index (χ1n) is 8.74. The first-order valence-corrected chi connectivity index (χ1v) is 9.62. The van der Waals surface area contributed by atoms with Crippen molar-refractivity contribution in [3.8, 4) is 0 Å². The van der Waals surface area contributed by atoms with Crippen LogP contribution in [0.2, 0.25) is 0 Å². The van der Waals surface area contributed by atoms with E-state index in [2.05, 4.69) is 25.8 Å². The zero-order valence-electron chi connectivity index (χ0n) is 14.9. The molecule has 0 radical (unpaired) electrons. The molecule has 2 aliphatic heterocycles. The maximum absolute atomic E-state index is 12.7. The van der Waals surface area contributed by atoms with E-state index in [0.29, 0.717) is 38.3 Å². The molecule has 134 valence electrons. The van der Waals surface area contributed by atoms with Crippen molar-refractivity contribution in [3.63, 3.8) is 0 Å². The molecule has 2 atom stereocenters. The molecule has 1 aromatic rings. The molecule has 0 saturated carbocycles. The Morgan fingerprint density at radius 3 is 3.08 bits per heavy atom. The molecule has 2 saturated heterocycles. The molecule has 0 unspecified atom stereocenters. The second-order valence-electron chi connectivity index (χ2n) is 7.35. The van der Waals surface area contributed by atoms with Gasteiger partial charge in [0.05, 0.1) is 31.2 Å². The summed E-state index contributed by atoms with van der Waals surface area (Å²) in [6.07, 6.45) is 0.957. The van der Waals surface area contributed by atoms with E-state index in [1.807, 2.05) is 22.4 Å². The Bertz CT molecular complexity index is 548. The van der Waals surface area contributed by atoms with E-state index in [1.54, 1.807) is 0 Å². The summed E-state index contributed by atoms with van der Waals surface area (Å²) in [5.41, 5.74) is -0.341. The topological polar surface area (TPSA) is 42.0 Å². The fraction of sp³-hybridized carbons (Fsp3) is 0.722. The van der Waals surface area contributed by atoms with Crippen LogP contribution in [0, 0.1) is 5.92 Å². The maximum Gasteiger partial charge on any atom is 0.264 e. The van der Waals surface area contributed by atoms with Crippen molar-refractivity contribution in [2.24, 2.45) is 5.92 Å². The predicted molar refractivity (Wildman–Crippen MR) is 95.6 cm³/mol. The van der Waals surface area contributed by atoms with E-state index in [4.69, 9.17) is 9.47 Å². The third-order valence-electron chi connectivity index (χ3n) is 5.08. The summed E-state index contributed by atoms with van der Waals surface area (Å²) >= 11 is 1.50. The molecule has 0 aliphatic carbocycles. The molecule has 1 amide bonds. The predicted octanol–water partition coefficient (Wildman–Crippen LogP) is 2.34. The minimum absolute atomic E-state index is 0.0984. The molecule has 0 bridgehead atoms. The van der Waals surface area contributed by atoms with Crippen LogP contribution < -0.4 is 0 Å². The summed E-state index contributed by atoms with van der Waals surface area (Å²) in [7, 11) is 2.16. The van der Waals surface area contributed by atoms with Crippen LogP contribution in [0.3, 0.4) is 0 Å². The van der Waals surface area contributed by atoms with Gasteiger partial charge in [-0.2, -0.15) is 0 Å². The van der Waals surface area contributed by atoms with Crippen molar-refractivity contribution < 1.29 is 14.3 Å². The van der Waals surface area contributed by atoms with E-state index in [9.17, 15) is 4.79 Å². The normalized spacial score (nSPS) is 28.0. The van der Waals surface area contributed by atoms with E-state index < -0.39 is 0 Å². The number of carbonyl (C=O) groups excluding carboxylic acids is 1. The summed E-state index contributed by atoms with van der Waals surface area (Å²) in [6, 6.07) is 4.34. The van der Waals surface area contributed by atoms with Crippen LogP contribution >= 0.6 is 11.3 Å². The third kappa shape index (κ3) is 3.99. The number of amides is 1. The Hall–Kier alpha value is -0.950. The average Bonchev–Trinajstić information content (AvgIpc) is 3.15. The van der Waals surface area contributed by atoms with Crippen LogP contribution in [-0.2, 0) is 9.47 Å². The molecule has 1 spiro atoms. The number of hydrogen-bond acceptors (Lipinski definition) is 5. The van der Waals surface area contributed by atoms with Crippen LogP contribution in [0.1, 0.15) is 29.9 Å². The lowest BCUT2D eigenvalue weighted by Gasteiger charge is -2.31. The second-order valence-corrected chi connectivity index (χ2v) is 8.30. The zero-order valence-corrected chi connectivity index (χ0v) is 15.7. The Kier molecular flexibility index (Phi) is 5.59. The maximum atomic E-state index is 12.7. The van der Waals surface area contributed by atoms with Crippen LogP contribution in [0.15, 0.2) is 17.5 Å². The Balaban J connectivity index is 1.65. The highest BCUT2D eigenvalue weighted by atomic mass is 32.1. The summed E-state index contributed by atoms with van der Waals surface area (Å²) < 4.78 is 12.0. The number of carbonyl (C=O) groups is 1. The minimum Gasteiger partial charge on any atom is -0.377 e. The first-order chi connectivity index (χ1) is 11.5. The highest BCUT2D eigenvalue weighted by Gasteiger charge is 2.44. The van der Waals surface area contributed by atoms with Crippen molar-refractivity contribution in [3.05, 3.63) is 22.4 Å². The summed E-state index contributed by atoms with van der Waals surface area (Å²) in [5.74, 6) is 0.596. The molecule has 24 heavy (non-hydrogen) atoms. The third-order valence-corrected chi connectivity index (χ3v) is 5.94. The number of nitrogens with zero attached hydrogens (tertiary/aromatic N) is 2. The first kappa shape index (κ1) is 17.9. The van der Waals surface area contributed by atoms with Crippen LogP contribution in [-0.4, -0.2) is 73.9 Å².